The zero-order chi connectivity index (χ0) is 8.55. The molecule has 0 spiro atoms. The first kappa shape index (κ1) is 7.16. The van der Waals surface area contributed by atoms with E-state index in [4.69, 9.17) is 5.73 Å². The van der Waals surface area contributed by atoms with Crippen LogP contribution in [0.2, 0.25) is 0 Å². The molecular weight excluding hydrogens is 150 g/mol. The number of nitrogen functional groups attached to an aromatic ring is 1. The molecule has 62 valence electrons. The van der Waals surface area contributed by atoms with Crippen LogP contribution in [0.5, 0.6) is 0 Å². The summed E-state index contributed by atoms with van der Waals surface area (Å²) in [5, 5.41) is 5.36. The van der Waals surface area contributed by atoms with Gasteiger partial charge in [-0.1, -0.05) is 12.1 Å². The van der Waals surface area contributed by atoms with Crippen LogP contribution in [0.1, 0.15) is 6.92 Å². The summed E-state index contributed by atoms with van der Waals surface area (Å²) in [6.07, 6.45) is 0. The van der Waals surface area contributed by atoms with Gasteiger partial charge < -0.3 is 5.73 Å². The van der Waals surface area contributed by atoms with Crippen LogP contribution in [0, 0.1) is 0 Å². The third-order valence-electron chi connectivity index (χ3n) is 1.99. The Hall–Kier alpha value is -1.51. The first-order valence-corrected chi connectivity index (χ1v) is 4.04. The minimum Gasteiger partial charge on any atom is -0.383 e. The van der Waals surface area contributed by atoms with E-state index in [0.717, 1.165) is 23.3 Å². The van der Waals surface area contributed by atoms with Crippen LogP contribution in [-0.2, 0) is 6.54 Å². The highest BCUT2D eigenvalue weighted by Crippen LogP contribution is 2.19. The fraction of sp³-hybridized carbons (Fsp3) is 0.222. The summed E-state index contributed by atoms with van der Waals surface area (Å²) in [6, 6.07) is 7.90. The Balaban J connectivity index is 2.78. The number of anilines is 1. The number of benzene rings is 1. The van der Waals surface area contributed by atoms with Crippen molar-refractivity contribution >= 4 is 16.7 Å². The Kier molecular flexibility index (Phi) is 1.50. The third-order valence-corrected chi connectivity index (χ3v) is 1.99. The maximum Gasteiger partial charge on any atom is 0.129 e. The largest absolute Gasteiger partial charge is 0.383 e. The number of fused-ring (bicyclic) bond motifs is 1. The first-order chi connectivity index (χ1) is 5.83. The van der Waals surface area contributed by atoms with E-state index in [9.17, 15) is 0 Å². The van der Waals surface area contributed by atoms with E-state index in [1.165, 1.54) is 0 Å². The summed E-state index contributed by atoms with van der Waals surface area (Å²) >= 11 is 0. The summed E-state index contributed by atoms with van der Waals surface area (Å²) in [6.45, 7) is 2.85. The van der Waals surface area contributed by atoms with Crippen molar-refractivity contribution < 1.29 is 0 Å². The second kappa shape index (κ2) is 2.52. The lowest BCUT2D eigenvalue weighted by molar-refractivity contribution is 0.678. The Bertz CT molecular complexity index is 403. The van der Waals surface area contributed by atoms with E-state index in [0.29, 0.717) is 0 Å². The van der Waals surface area contributed by atoms with Crippen LogP contribution in [0.15, 0.2) is 24.3 Å². The number of aryl methyl sites for hydroxylation is 1. The molecule has 0 amide bonds. The van der Waals surface area contributed by atoms with Crippen molar-refractivity contribution in [1.82, 2.24) is 9.78 Å². The topological polar surface area (TPSA) is 43.8 Å². The van der Waals surface area contributed by atoms with E-state index in [2.05, 4.69) is 5.10 Å². The Morgan fingerprint density at radius 2 is 2.17 bits per heavy atom. The molecule has 0 aliphatic heterocycles. The van der Waals surface area contributed by atoms with Crippen LogP contribution in [0.25, 0.3) is 10.9 Å². The Labute approximate surface area is 70.8 Å². The second-order valence-corrected chi connectivity index (χ2v) is 2.72. The van der Waals surface area contributed by atoms with Crippen molar-refractivity contribution in [2.45, 2.75) is 13.5 Å². The SMILES string of the molecule is CCn1nc2ccccc2c1N. The number of hydrogen-bond donors (Lipinski definition) is 1. The minimum absolute atomic E-state index is 0.758. The zero-order valence-electron chi connectivity index (χ0n) is 6.99. The number of hydrogen-bond acceptors (Lipinski definition) is 2. The Morgan fingerprint density at radius 1 is 1.42 bits per heavy atom. The molecule has 0 saturated heterocycles. The molecule has 2 aromatic rings. The molecule has 0 radical (unpaired) electrons. The van der Waals surface area contributed by atoms with Gasteiger partial charge in [-0.25, -0.2) is 4.68 Å². The molecule has 3 nitrogen and oxygen atoms in total. The highest BCUT2D eigenvalue weighted by molar-refractivity contribution is 5.88. The molecule has 0 aliphatic rings. The zero-order valence-corrected chi connectivity index (χ0v) is 6.99. The van der Waals surface area contributed by atoms with Crippen molar-refractivity contribution in [2.24, 2.45) is 0 Å². The van der Waals surface area contributed by atoms with E-state index in [-0.39, 0.29) is 0 Å². The van der Waals surface area contributed by atoms with Gasteiger partial charge in [-0.3, -0.25) is 0 Å². The normalized spacial score (nSPS) is 10.8. The molecule has 1 aromatic heterocycles. The van der Waals surface area contributed by atoms with Gasteiger partial charge in [0.05, 0.1) is 5.52 Å². The maximum atomic E-state index is 5.85. The molecule has 0 aliphatic carbocycles. The van der Waals surface area contributed by atoms with Gasteiger partial charge in [-0.15, -0.1) is 0 Å². The second-order valence-electron chi connectivity index (χ2n) is 2.72. The number of nitrogens with two attached hydrogens (primary N) is 1. The fourth-order valence-corrected chi connectivity index (χ4v) is 1.34. The molecule has 0 bridgehead atoms. The lowest BCUT2D eigenvalue weighted by Gasteiger charge is -1.96. The van der Waals surface area contributed by atoms with E-state index >= 15 is 0 Å². The molecule has 0 saturated carbocycles. The van der Waals surface area contributed by atoms with Crippen molar-refractivity contribution in [3.63, 3.8) is 0 Å². The van der Waals surface area contributed by atoms with Gasteiger partial charge >= 0.3 is 0 Å². The summed E-state index contributed by atoms with van der Waals surface area (Å²) in [4.78, 5) is 0. The van der Waals surface area contributed by atoms with Gasteiger partial charge in [0.2, 0.25) is 0 Å². The average Bonchev–Trinajstić information content (AvgIpc) is 2.44. The summed E-state index contributed by atoms with van der Waals surface area (Å²) in [5.41, 5.74) is 6.82. The summed E-state index contributed by atoms with van der Waals surface area (Å²) < 4.78 is 1.81. The van der Waals surface area contributed by atoms with Crippen LogP contribution >= 0.6 is 0 Å². The fourth-order valence-electron chi connectivity index (χ4n) is 1.34. The van der Waals surface area contributed by atoms with Crippen LogP contribution in [0.4, 0.5) is 5.82 Å². The molecular formula is C9H11N3. The van der Waals surface area contributed by atoms with Gasteiger partial charge in [0, 0.05) is 11.9 Å². The van der Waals surface area contributed by atoms with Crippen molar-refractivity contribution in [1.29, 1.82) is 0 Å². The Morgan fingerprint density at radius 3 is 2.83 bits per heavy atom. The molecule has 3 heteroatoms. The smallest absolute Gasteiger partial charge is 0.129 e. The molecule has 1 aromatic carbocycles. The van der Waals surface area contributed by atoms with Gasteiger partial charge in [0.15, 0.2) is 0 Å². The predicted octanol–water partition coefficient (Wildman–Crippen LogP) is 1.64. The monoisotopic (exact) mass is 161 g/mol. The van der Waals surface area contributed by atoms with Crippen molar-refractivity contribution in [2.75, 3.05) is 5.73 Å². The molecule has 1 heterocycles. The predicted molar refractivity (Wildman–Crippen MR) is 49.8 cm³/mol. The summed E-state index contributed by atoms with van der Waals surface area (Å²) in [7, 11) is 0. The first-order valence-electron chi connectivity index (χ1n) is 4.04. The standard InChI is InChI=1S/C9H11N3/c1-2-12-9(10)7-5-3-4-6-8(7)11-12/h3-6H,2,10H2,1H3. The van der Waals surface area contributed by atoms with Crippen LogP contribution in [-0.4, -0.2) is 9.78 Å². The van der Waals surface area contributed by atoms with Gasteiger partial charge in [0.25, 0.3) is 0 Å². The quantitative estimate of drug-likeness (QED) is 0.691. The van der Waals surface area contributed by atoms with E-state index in [1.54, 1.807) is 0 Å². The molecule has 2 rings (SSSR count). The van der Waals surface area contributed by atoms with Crippen LogP contribution < -0.4 is 5.73 Å². The molecule has 12 heavy (non-hydrogen) atoms. The molecule has 0 fully saturated rings. The van der Waals surface area contributed by atoms with Gasteiger partial charge in [-0.05, 0) is 19.1 Å². The van der Waals surface area contributed by atoms with Gasteiger partial charge in [-0.2, -0.15) is 5.10 Å². The van der Waals surface area contributed by atoms with Gasteiger partial charge in [0.1, 0.15) is 5.82 Å². The highest BCUT2D eigenvalue weighted by atomic mass is 15.3. The minimum atomic E-state index is 0.758. The lowest BCUT2D eigenvalue weighted by Crippen LogP contribution is -2.01. The lowest BCUT2D eigenvalue weighted by atomic mass is 10.2. The molecule has 2 N–H and O–H groups in total. The average molecular weight is 161 g/mol. The maximum absolute atomic E-state index is 5.85. The number of nitrogens with zero attached hydrogens (tertiary/aromatic N) is 2. The van der Waals surface area contributed by atoms with Crippen LogP contribution in [0.3, 0.4) is 0 Å². The number of rotatable bonds is 1. The molecule has 0 atom stereocenters. The third kappa shape index (κ3) is 0.863. The summed E-state index contributed by atoms with van der Waals surface area (Å²) in [5.74, 6) is 0.758. The highest BCUT2D eigenvalue weighted by Gasteiger charge is 2.03. The number of aromatic nitrogens is 2. The van der Waals surface area contributed by atoms with Crippen molar-refractivity contribution in [3.8, 4) is 0 Å². The van der Waals surface area contributed by atoms with E-state index in [1.807, 2.05) is 35.9 Å². The molecule has 0 unspecified atom stereocenters. The van der Waals surface area contributed by atoms with Crippen molar-refractivity contribution in [3.05, 3.63) is 24.3 Å². The van der Waals surface area contributed by atoms with E-state index < -0.39 is 0 Å².